The number of aromatic nitrogens is 1. The Morgan fingerprint density at radius 3 is 2.73 bits per heavy atom. The minimum Gasteiger partial charge on any atom is -0.395 e. The number of benzene rings is 1. The zero-order chi connectivity index (χ0) is 22.1. The van der Waals surface area contributed by atoms with Gasteiger partial charge in [-0.15, -0.1) is 0 Å². The van der Waals surface area contributed by atoms with E-state index in [1.54, 1.807) is 12.2 Å². The van der Waals surface area contributed by atoms with Gasteiger partial charge in [-0.1, -0.05) is 17.7 Å². The van der Waals surface area contributed by atoms with Crippen molar-refractivity contribution in [1.82, 2.24) is 9.29 Å². The lowest BCUT2D eigenvalue weighted by Crippen LogP contribution is -2.35. The van der Waals surface area contributed by atoms with Crippen molar-refractivity contribution in [3.05, 3.63) is 52.3 Å². The van der Waals surface area contributed by atoms with Crippen LogP contribution in [0.3, 0.4) is 0 Å². The minimum atomic E-state index is -4.16. The molecule has 1 aliphatic rings. The Hall–Kier alpha value is -2.27. The molecule has 2 aromatic rings. The Labute approximate surface area is 177 Å². The number of anilines is 1. The molecule has 30 heavy (non-hydrogen) atoms. The highest BCUT2D eigenvalue weighted by Crippen LogP contribution is 2.35. The third-order valence-electron chi connectivity index (χ3n) is 4.52. The Balaban J connectivity index is 2.09. The number of nitrogens with zero attached hydrogens (tertiary/aromatic N) is 1. The second kappa shape index (κ2) is 8.84. The Morgan fingerprint density at radius 2 is 2.07 bits per heavy atom. The Morgan fingerprint density at radius 1 is 1.33 bits per heavy atom. The summed E-state index contributed by atoms with van der Waals surface area (Å²) in [6.07, 6.45) is 4.66. The average Bonchev–Trinajstić information content (AvgIpc) is 2.79. The zero-order valence-corrected chi connectivity index (χ0v) is 17.5. The van der Waals surface area contributed by atoms with E-state index >= 15 is 0 Å². The number of allylic oxidation sites excluding steroid dienone is 1. The van der Waals surface area contributed by atoms with E-state index in [0.29, 0.717) is 19.4 Å². The SMILES string of the molecule is CC(CO)NS(=O)(=O)c1c(Cl)c(C(=O)Nc2ccc(F)c(F)c2)n2c1C=CCCC2. The lowest BCUT2D eigenvalue weighted by molar-refractivity contribution is 0.101. The number of aliphatic hydroxyl groups excluding tert-OH is 1. The molecule has 1 atom stereocenters. The molecular formula is C19H20ClF2N3O4S. The molecule has 0 saturated carbocycles. The van der Waals surface area contributed by atoms with Crippen LogP contribution in [-0.4, -0.2) is 36.6 Å². The van der Waals surface area contributed by atoms with Crippen LogP contribution in [-0.2, 0) is 16.6 Å². The van der Waals surface area contributed by atoms with Crippen LogP contribution in [0, 0.1) is 11.6 Å². The van der Waals surface area contributed by atoms with Crippen molar-refractivity contribution < 1.29 is 27.1 Å². The first-order valence-corrected chi connectivity index (χ1v) is 11.0. The molecule has 0 radical (unpaired) electrons. The van der Waals surface area contributed by atoms with Gasteiger partial charge in [-0.3, -0.25) is 4.79 Å². The van der Waals surface area contributed by atoms with Crippen LogP contribution in [0.4, 0.5) is 14.5 Å². The van der Waals surface area contributed by atoms with Crippen LogP contribution in [0.5, 0.6) is 0 Å². The summed E-state index contributed by atoms with van der Waals surface area (Å²) in [5, 5.41) is 11.3. The number of nitrogens with one attached hydrogen (secondary N) is 2. The average molecular weight is 460 g/mol. The number of aliphatic hydroxyl groups is 1. The fourth-order valence-corrected chi connectivity index (χ4v) is 5.24. The molecule has 1 unspecified atom stereocenters. The van der Waals surface area contributed by atoms with E-state index in [9.17, 15) is 27.1 Å². The Kier molecular flexibility index (Phi) is 6.61. The summed E-state index contributed by atoms with van der Waals surface area (Å²) in [4.78, 5) is 12.6. The second-order valence-electron chi connectivity index (χ2n) is 6.86. The number of amides is 1. The van der Waals surface area contributed by atoms with Gasteiger partial charge in [0.2, 0.25) is 10.0 Å². The van der Waals surface area contributed by atoms with Crippen LogP contribution in [0.25, 0.3) is 6.08 Å². The second-order valence-corrected chi connectivity index (χ2v) is 8.89. The molecule has 7 nitrogen and oxygen atoms in total. The smallest absolute Gasteiger partial charge is 0.273 e. The fraction of sp³-hybridized carbons (Fsp3) is 0.316. The third-order valence-corrected chi connectivity index (χ3v) is 6.66. The van der Waals surface area contributed by atoms with E-state index in [2.05, 4.69) is 10.0 Å². The number of hydrogen-bond acceptors (Lipinski definition) is 4. The van der Waals surface area contributed by atoms with Gasteiger partial charge in [0, 0.05) is 24.3 Å². The number of rotatable bonds is 6. The van der Waals surface area contributed by atoms with Crippen LogP contribution in [0.1, 0.15) is 35.9 Å². The van der Waals surface area contributed by atoms with Gasteiger partial charge < -0.3 is 15.0 Å². The van der Waals surface area contributed by atoms with E-state index in [1.807, 2.05) is 0 Å². The van der Waals surface area contributed by atoms with Crippen molar-refractivity contribution in [3.63, 3.8) is 0 Å². The number of hydrogen-bond donors (Lipinski definition) is 3. The molecule has 3 rings (SSSR count). The van der Waals surface area contributed by atoms with Crippen molar-refractivity contribution in [2.45, 2.75) is 37.2 Å². The molecule has 0 aliphatic carbocycles. The quantitative estimate of drug-likeness (QED) is 0.617. The van der Waals surface area contributed by atoms with Gasteiger partial charge >= 0.3 is 0 Å². The van der Waals surface area contributed by atoms with Crippen molar-refractivity contribution in [3.8, 4) is 0 Å². The number of carbonyl (C=O) groups is 1. The molecule has 3 N–H and O–H groups in total. The lowest BCUT2D eigenvalue weighted by Gasteiger charge is -2.12. The van der Waals surface area contributed by atoms with Crippen molar-refractivity contribution in [2.75, 3.05) is 11.9 Å². The fourth-order valence-electron chi connectivity index (χ4n) is 3.14. The van der Waals surface area contributed by atoms with E-state index in [-0.39, 0.29) is 27.0 Å². The molecular weight excluding hydrogens is 440 g/mol. The number of fused-ring (bicyclic) bond motifs is 1. The number of sulfonamides is 1. The first kappa shape index (κ1) is 22.4. The van der Waals surface area contributed by atoms with E-state index in [0.717, 1.165) is 12.1 Å². The third kappa shape index (κ3) is 4.41. The van der Waals surface area contributed by atoms with Crippen LogP contribution in [0.15, 0.2) is 29.2 Å². The van der Waals surface area contributed by atoms with E-state index in [4.69, 9.17) is 11.6 Å². The van der Waals surface area contributed by atoms with Gasteiger partial charge in [0.05, 0.1) is 17.3 Å². The van der Waals surface area contributed by atoms with E-state index in [1.165, 1.54) is 17.6 Å². The topological polar surface area (TPSA) is 100 Å². The largest absolute Gasteiger partial charge is 0.395 e. The highest BCUT2D eigenvalue weighted by Gasteiger charge is 2.33. The molecule has 1 aromatic carbocycles. The Bertz CT molecular complexity index is 1120. The molecule has 162 valence electrons. The van der Waals surface area contributed by atoms with Crippen LogP contribution in [0.2, 0.25) is 5.02 Å². The molecule has 1 amide bonds. The molecule has 0 bridgehead atoms. The summed E-state index contributed by atoms with van der Waals surface area (Å²) in [6.45, 7) is 1.38. The van der Waals surface area contributed by atoms with Crippen molar-refractivity contribution in [2.24, 2.45) is 0 Å². The van der Waals surface area contributed by atoms with Crippen LogP contribution < -0.4 is 10.0 Å². The first-order valence-electron chi connectivity index (χ1n) is 9.13. The van der Waals surface area contributed by atoms with Gasteiger partial charge in [-0.05, 0) is 38.0 Å². The summed E-state index contributed by atoms with van der Waals surface area (Å²) in [7, 11) is -4.16. The van der Waals surface area contributed by atoms with Gasteiger partial charge in [0.25, 0.3) is 5.91 Å². The number of carbonyl (C=O) groups excluding carboxylic acids is 1. The summed E-state index contributed by atoms with van der Waals surface area (Å²) < 4.78 is 56.2. The van der Waals surface area contributed by atoms with Gasteiger partial charge in [-0.25, -0.2) is 21.9 Å². The highest BCUT2D eigenvalue weighted by molar-refractivity contribution is 7.89. The molecule has 1 aliphatic heterocycles. The maximum atomic E-state index is 13.5. The highest BCUT2D eigenvalue weighted by atomic mass is 35.5. The van der Waals surface area contributed by atoms with Crippen molar-refractivity contribution >= 4 is 39.3 Å². The molecule has 2 heterocycles. The van der Waals surface area contributed by atoms with Gasteiger partial charge in [-0.2, -0.15) is 0 Å². The predicted octanol–water partition coefficient (Wildman–Crippen LogP) is 3.14. The summed E-state index contributed by atoms with van der Waals surface area (Å²) >= 11 is 6.37. The lowest BCUT2D eigenvalue weighted by atomic mass is 10.2. The predicted molar refractivity (Wildman–Crippen MR) is 109 cm³/mol. The maximum Gasteiger partial charge on any atom is 0.273 e. The molecule has 0 spiro atoms. The molecule has 0 fully saturated rings. The van der Waals surface area contributed by atoms with Crippen molar-refractivity contribution in [1.29, 1.82) is 0 Å². The molecule has 11 heteroatoms. The van der Waals surface area contributed by atoms with Gasteiger partial charge in [0.15, 0.2) is 11.6 Å². The normalized spacial score (nSPS) is 14.8. The first-order chi connectivity index (χ1) is 14.2. The summed E-state index contributed by atoms with van der Waals surface area (Å²) in [5.41, 5.74) is 0.108. The van der Waals surface area contributed by atoms with Gasteiger partial charge in [0.1, 0.15) is 10.6 Å². The monoisotopic (exact) mass is 459 g/mol. The standard InChI is InChI=1S/C19H20ClF2N3O4S/c1-11(10-26)24-30(28,29)18-15-5-3-2-4-8-25(15)17(16(18)20)19(27)23-12-6-7-13(21)14(22)9-12/h3,5-7,9,11,24,26H,2,4,8,10H2,1H3,(H,23,27). The zero-order valence-electron chi connectivity index (χ0n) is 16.0. The molecule has 0 saturated heterocycles. The summed E-state index contributed by atoms with van der Waals surface area (Å²) in [6, 6.07) is 2.09. The van der Waals surface area contributed by atoms with Crippen LogP contribution >= 0.6 is 11.6 Å². The maximum absolute atomic E-state index is 13.5. The van der Waals surface area contributed by atoms with E-state index < -0.39 is 40.2 Å². The summed E-state index contributed by atoms with van der Waals surface area (Å²) in [5.74, 6) is -2.97. The molecule has 1 aromatic heterocycles. The minimum absolute atomic E-state index is 0.00823. The number of halogens is 3.